The number of rotatable bonds is 6. The van der Waals surface area contributed by atoms with E-state index in [9.17, 15) is 0 Å². The lowest BCUT2D eigenvalue weighted by atomic mass is 10.0. The molecule has 0 fully saturated rings. The highest BCUT2D eigenvalue weighted by Gasteiger charge is 2.04. The Labute approximate surface area is 152 Å². The van der Waals surface area contributed by atoms with Gasteiger partial charge in [-0.2, -0.15) is 10.1 Å². The summed E-state index contributed by atoms with van der Waals surface area (Å²) in [4.78, 5) is 4.43. The van der Waals surface area contributed by atoms with Gasteiger partial charge in [0.25, 0.3) is 0 Å². The summed E-state index contributed by atoms with van der Waals surface area (Å²) in [7, 11) is 0. The van der Waals surface area contributed by atoms with Crippen LogP contribution in [0.5, 0.6) is 0 Å². The SMILES string of the molecule is CC(C)c1ccc(Nc2nncc(NCc3ccccc3Cl)n2)cc1. The quantitative estimate of drug-likeness (QED) is 0.652. The highest BCUT2D eigenvalue weighted by molar-refractivity contribution is 6.31. The van der Waals surface area contributed by atoms with Gasteiger partial charge in [-0.15, -0.1) is 5.10 Å². The molecule has 0 saturated heterocycles. The summed E-state index contributed by atoms with van der Waals surface area (Å²) < 4.78 is 0. The van der Waals surface area contributed by atoms with Crippen molar-refractivity contribution in [2.24, 2.45) is 0 Å². The minimum absolute atomic E-state index is 0.446. The third-order valence-electron chi connectivity index (χ3n) is 3.81. The van der Waals surface area contributed by atoms with E-state index in [2.05, 4.69) is 51.8 Å². The Morgan fingerprint density at radius 2 is 1.80 bits per heavy atom. The number of aromatic nitrogens is 3. The zero-order valence-corrected chi connectivity index (χ0v) is 15.0. The minimum Gasteiger partial charge on any atom is -0.364 e. The van der Waals surface area contributed by atoms with Crippen LogP contribution in [0.25, 0.3) is 0 Å². The van der Waals surface area contributed by atoms with Crippen LogP contribution in [-0.2, 0) is 6.54 Å². The summed E-state index contributed by atoms with van der Waals surface area (Å²) in [5, 5.41) is 15.1. The molecular weight excluding hydrogens is 334 g/mol. The molecule has 0 atom stereocenters. The standard InChI is InChI=1S/C19H20ClN5/c1-13(2)14-7-9-16(10-8-14)23-19-24-18(12-22-25-19)21-11-15-5-3-4-6-17(15)20/h3-10,12-13H,11H2,1-2H3,(H2,21,23,24,25). The minimum atomic E-state index is 0.446. The van der Waals surface area contributed by atoms with Crippen molar-refractivity contribution in [3.05, 3.63) is 70.9 Å². The second kappa shape index (κ2) is 7.94. The Morgan fingerprint density at radius 3 is 2.52 bits per heavy atom. The van der Waals surface area contributed by atoms with E-state index in [0.29, 0.717) is 24.2 Å². The fourth-order valence-corrected chi connectivity index (χ4v) is 2.55. The van der Waals surface area contributed by atoms with E-state index < -0.39 is 0 Å². The van der Waals surface area contributed by atoms with Crippen molar-refractivity contribution >= 4 is 29.1 Å². The predicted octanol–water partition coefficient (Wildman–Crippen LogP) is 5.00. The summed E-state index contributed by atoms with van der Waals surface area (Å²) in [6.45, 7) is 4.91. The van der Waals surface area contributed by atoms with Gasteiger partial charge in [0, 0.05) is 17.3 Å². The van der Waals surface area contributed by atoms with E-state index in [4.69, 9.17) is 11.6 Å². The maximum absolute atomic E-state index is 6.16. The molecule has 0 aliphatic rings. The van der Waals surface area contributed by atoms with Crippen LogP contribution in [0.2, 0.25) is 5.02 Å². The molecule has 1 heterocycles. The van der Waals surface area contributed by atoms with E-state index >= 15 is 0 Å². The molecule has 0 saturated carbocycles. The summed E-state index contributed by atoms with van der Waals surface area (Å²) in [6, 6.07) is 15.9. The Bertz CT molecular complexity index is 833. The van der Waals surface area contributed by atoms with E-state index in [-0.39, 0.29) is 0 Å². The van der Waals surface area contributed by atoms with Crippen LogP contribution >= 0.6 is 11.6 Å². The molecule has 0 unspecified atom stereocenters. The van der Waals surface area contributed by atoms with Crippen molar-refractivity contribution in [2.75, 3.05) is 10.6 Å². The summed E-state index contributed by atoms with van der Waals surface area (Å²) in [6.07, 6.45) is 1.59. The van der Waals surface area contributed by atoms with Crippen LogP contribution in [0.4, 0.5) is 17.5 Å². The molecule has 2 aromatic carbocycles. The maximum atomic E-state index is 6.16. The molecule has 0 aliphatic heterocycles. The first kappa shape index (κ1) is 17.2. The highest BCUT2D eigenvalue weighted by Crippen LogP contribution is 2.20. The number of halogens is 1. The van der Waals surface area contributed by atoms with Gasteiger partial charge in [0.1, 0.15) is 0 Å². The predicted molar refractivity (Wildman–Crippen MR) is 102 cm³/mol. The van der Waals surface area contributed by atoms with Crippen molar-refractivity contribution in [3.8, 4) is 0 Å². The zero-order valence-electron chi connectivity index (χ0n) is 14.2. The lowest BCUT2D eigenvalue weighted by Crippen LogP contribution is -2.06. The first-order valence-electron chi connectivity index (χ1n) is 8.16. The fraction of sp³-hybridized carbons (Fsp3) is 0.211. The summed E-state index contributed by atoms with van der Waals surface area (Å²) in [5.74, 6) is 1.59. The van der Waals surface area contributed by atoms with E-state index in [1.165, 1.54) is 5.56 Å². The first-order valence-corrected chi connectivity index (χ1v) is 8.53. The maximum Gasteiger partial charge on any atom is 0.249 e. The van der Waals surface area contributed by atoms with Crippen molar-refractivity contribution in [3.63, 3.8) is 0 Å². The number of anilines is 3. The zero-order chi connectivity index (χ0) is 17.6. The molecule has 3 rings (SSSR count). The van der Waals surface area contributed by atoms with Gasteiger partial charge in [0.05, 0.1) is 6.20 Å². The fourth-order valence-electron chi connectivity index (χ4n) is 2.35. The molecule has 0 aliphatic carbocycles. The number of nitrogens with one attached hydrogen (secondary N) is 2. The van der Waals surface area contributed by atoms with Gasteiger partial charge < -0.3 is 10.6 Å². The molecule has 5 nitrogen and oxygen atoms in total. The van der Waals surface area contributed by atoms with Gasteiger partial charge in [-0.25, -0.2) is 0 Å². The molecule has 6 heteroatoms. The van der Waals surface area contributed by atoms with E-state index in [0.717, 1.165) is 16.3 Å². The third-order valence-corrected chi connectivity index (χ3v) is 4.18. The van der Waals surface area contributed by atoms with Crippen LogP contribution in [-0.4, -0.2) is 15.2 Å². The Morgan fingerprint density at radius 1 is 1.04 bits per heavy atom. The van der Waals surface area contributed by atoms with Crippen LogP contribution in [0, 0.1) is 0 Å². The molecular formula is C19H20ClN5. The van der Waals surface area contributed by atoms with Gasteiger partial charge in [-0.3, -0.25) is 0 Å². The molecule has 1 aromatic heterocycles. The second-order valence-corrected chi connectivity index (χ2v) is 6.42. The number of nitrogens with zero attached hydrogens (tertiary/aromatic N) is 3. The topological polar surface area (TPSA) is 62.7 Å². The molecule has 3 aromatic rings. The van der Waals surface area contributed by atoms with E-state index in [1.54, 1.807) is 6.20 Å². The van der Waals surface area contributed by atoms with Crippen LogP contribution in [0.3, 0.4) is 0 Å². The Kier molecular flexibility index (Phi) is 5.46. The lowest BCUT2D eigenvalue weighted by molar-refractivity contribution is 0.867. The Hall–Kier alpha value is -2.66. The number of hydrogen-bond acceptors (Lipinski definition) is 5. The van der Waals surface area contributed by atoms with Crippen molar-refractivity contribution in [2.45, 2.75) is 26.3 Å². The number of benzene rings is 2. The molecule has 25 heavy (non-hydrogen) atoms. The van der Waals surface area contributed by atoms with Crippen LogP contribution in [0.15, 0.2) is 54.7 Å². The van der Waals surface area contributed by atoms with Gasteiger partial charge in [-0.1, -0.05) is 55.8 Å². The Balaban J connectivity index is 1.66. The second-order valence-electron chi connectivity index (χ2n) is 6.01. The molecule has 2 N–H and O–H groups in total. The van der Waals surface area contributed by atoms with Crippen LogP contribution in [0.1, 0.15) is 30.9 Å². The molecule has 0 bridgehead atoms. The van der Waals surface area contributed by atoms with Gasteiger partial charge in [0.2, 0.25) is 5.95 Å². The van der Waals surface area contributed by atoms with Gasteiger partial charge in [0.15, 0.2) is 5.82 Å². The van der Waals surface area contributed by atoms with Crippen molar-refractivity contribution in [1.82, 2.24) is 15.2 Å². The average molecular weight is 354 g/mol. The smallest absolute Gasteiger partial charge is 0.249 e. The normalized spacial score (nSPS) is 10.7. The van der Waals surface area contributed by atoms with E-state index in [1.807, 2.05) is 36.4 Å². The highest BCUT2D eigenvalue weighted by atomic mass is 35.5. The molecule has 0 spiro atoms. The average Bonchev–Trinajstić information content (AvgIpc) is 2.62. The first-order chi connectivity index (χ1) is 12.1. The van der Waals surface area contributed by atoms with Crippen LogP contribution < -0.4 is 10.6 Å². The molecule has 128 valence electrons. The van der Waals surface area contributed by atoms with Crippen molar-refractivity contribution in [1.29, 1.82) is 0 Å². The third kappa shape index (κ3) is 4.67. The summed E-state index contributed by atoms with van der Waals surface area (Å²) >= 11 is 6.16. The lowest BCUT2D eigenvalue weighted by Gasteiger charge is -2.10. The van der Waals surface area contributed by atoms with Gasteiger partial charge in [-0.05, 0) is 35.2 Å². The monoisotopic (exact) mass is 353 g/mol. The largest absolute Gasteiger partial charge is 0.364 e. The van der Waals surface area contributed by atoms with Gasteiger partial charge >= 0.3 is 0 Å². The molecule has 0 amide bonds. The summed E-state index contributed by atoms with van der Waals surface area (Å²) in [5.41, 5.74) is 3.22. The molecule has 0 radical (unpaired) electrons. The number of hydrogen-bond donors (Lipinski definition) is 2. The van der Waals surface area contributed by atoms with Crippen molar-refractivity contribution < 1.29 is 0 Å².